The molecule has 1 aliphatic rings. The third kappa shape index (κ3) is 3.32. The van der Waals surface area contributed by atoms with E-state index in [2.05, 4.69) is 123 Å². The predicted octanol–water partition coefficient (Wildman–Crippen LogP) is 9.78. The van der Waals surface area contributed by atoms with Gasteiger partial charge in [-0.3, -0.25) is 0 Å². The van der Waals surface area contributed by atoms with Gasteiger partial charge in [-0.05, 0) is 102 Å². The zero-order valence-corrected chi connectivity index (χ0v) is 24.3. The van der Waals surface area contributed by atoms with E-state index in [-0.39, 0.29) is 0 Å². The third-order valence-electron chi connectivity index (χ3n) is 10.2. The molecule has 0 spiro atoms. The van der Waals surface area contributed by atoms with Crippen molar-refractivity contribution in [1.29, 1.82) is 0 Å². The van der Waals surface area contributed by atoms with Crippen molar-refractivity contribution in [3.63, 3.8) is 0 Å². The number of hydrogen-bond donors (Lipinski definition) is 0. The highest BCUT2D eigenvalue weighted by Crippen LogP contribution is 2.46. The van der Waals surface area contributed by atoms with Gasteiger partial charge in [-0.1, -0.05) is 62.4 Å². The second-order valence-corrected chi connectivity index (χ2v) is 13.2. The summed E-state index contributed by atoms with van der Waals surface area (Å²) in [4.78, 5) is 0. The first kappa shape index (κ1) is 23.9. The van der Waals surface area contributed by atoms with Gasteiger partial charge in [0.15, 0.2) is 6.20 Å². The normalized spacial score (nSPS) is 16.3. The quantitative estimate of drug-likeness (QED) is 0.122. The van der Waals surface area contributed by atoms with E-state index in [1.54, 1.807) is 0 Å². The van der Waals surface area contributed by atoms with Crippen LogP contribution >= 0.6 is 0 Å². The van der Waals surface area contributed by atoms with E-state index in [0.717, 1.165) is 0 Å². The predicted molar refractivity (Wildman–Crippen MR) is 170 cm³/mol. The van der Waals surface area contributed by atoms with Crippen LogP contribution in [0.3, 0.4) is 0 Å². The molecule has 8 rings (SSSR count). The molecule has 0 bridgehead atoms. The Balaban J connectivity index is 1.55. The third-order valence-corrected chi connectivity index (χ3v) is 10.2. The number of hydrogen-bond acceptors (Lipinski definition) is 0. The Morgan fingerprint density at radius 3 is 2.33 bits per heavy atom. The van der Waals surface area contributed by atoms with Crippen LogP contribution in [0, 0.1) is 19.3 Å². The molecule has 1 aliphatic carbocycles. The lowest BCUT2D eigenvalue weighted by Crippen LogP contribution is -2.29. The van der Waals surface area contributed by atoms with Gasteiger partial charge in [-0.25, -0.2) is 4.57 Å². The highest BCUT2D eigenvalue weighted by atomic mass is 15.0. The highest BCUT2D eigenvalue weighted by Gasteiger charge is 2.30. The number of fused-ring (bicyclic) bond motifs is 5. The molecule has 0 atom stereocenters. The van der Waals surface area contributed by atoms with Crippen molar-refractivity contribution < 1.29 is 4.57 Å². The molecule has 4 aromatic carbocycles. The Kier molecular flexibility index (Phi) is 4.97. The molecule has 0 N–H and O–H groups in total. The first-order chi connectivity index (χ1) is 19.3. The topological polar surface area (TPSA) is 8.29 Å². The Bertz CT molecular complexity index is 2100. The molecule has 3 heterocycles. The molecule has 0 unspecified atom stereocenters. The van der Waals surface area contributed by atoms with E-state index < -0.39 is 0 Å². The van der Waals surface area contributed by atoms with Crippen LogP contribution in [0.4, 0.5) is 0 Å². The molecule has 3 aromatic heterocycles. The highest BCUT2D eigenvalue weighted by molar-refractivity contribution is 6.26. The average molecular weight is 522 g/mol. The molecule has 0 radical (unpaired) electrons. The molecular formula is C38H37N2+. The van der Waals surface area contributed by atoms with Gasteiger partial charge >= 0.3 is 0 Å². The largest absolute Gasteiger partial charge is 0.307 e. The van der Waals surface area contributed by atoms with Gasteiger partial charge in [0, 0.05) is 16.8 Å². The maximum atomic E-state index is 2.62. The summed E-state index contributed by atoms with van der Waals surface area (Å²) >= 11 is 0. The minimum atomic E-state index is 0.466. The summed E-state index contributed by atoms with van der Waals surface area (Å²) in [7, 11) is 2.22. The number of aryl methyl sites for hydroxylation is 3. The lowest BCUT2D eigenvalue weighted by molar-refractivity contribution is -0.643. The van der Waals surface area contributed by atoms with Crippen LogP contribution in [0.25, 0.3) is 60.1 Å². The second kappa shape index (κ2) is 8.30. The maximum Gasteiger partial charge on any atom is 0.224 e. The standard InChI is InChI=1S/C38H37N2/c1-23-19-31-30-12-11-27(25-9-7-6-8-10-25)21-32(30)40-33-22-29(26-13-16-38(3,4)17-14-26)20-28-15-18-39(5)37(35(28)33)34(24(23)2)36(31)40/h6-12,15,18-22,26H,13-14,16-17H2,1-5H3/q+1. The molecule has 0 saturated heterocycles. The summed E-state index contributed by atoms with van der Waals surface area (Å²) in [6.07, 6.45) is 7.44. The summed E-state index contributed by atoms with van der Waals surface area (Å²) in [5, 5.41) is 6.84. The fraction of sp³-hybridized carbons (Fsp3) is 0.289. The van der Waals surface area contributed by atoms with Crippen LogP contribution in [-0.2, 0) is 7.05 Å². The zero-order valence-electron chi connectivity index (χ0n) is 24.3. The van der Waals surface area contributed by atoms with E-state index in [4.69, 9.17) is 0 Å². The van der Waals surface area contributed by atoms with Crippen molar-refractivity contribution >= 4 is 49.0 Å². The summed E-state index contributed by atoms with van der Waals surface area (Å²) in [6, 6.07) is 27.7. The summed E-state index contributed by atoms with van der Waals surface area (Å²) in [5.41, 5.74) is 12.6. The summed E-state index contributed by atoms with van der Waals surface area (Å²) < 4.78 is 4.97. The lowest BCUT2D eigenvalue weighted by Gasteiger charge is -2.34. The van der Waals surface area contributed by atoms with Crippen LogP contribution in [0.2, 0.25) is 0 Å². The van der Waals surface area contributed by atoms with E-state index in [1.807, 2.05) is 0 Å². The van der Waals surface area contributed by atoms with Crippen molar-refractivity contribution in [3.8, 4) is 11.1 Å². The van der Waals surface area contributed by atoms with E-state index in [1.165, 1.54) is 102 Å². The van der Waals surface area contributed by atoms with Crippen LogP contribution in [-0.4, -0.2) is 4.40 Å². The molecule has 2 nitrogen and oxygen atoms in total. The van der Waals surface area contributed by atoms with E-state index in [9.17, 15) is 0 Å². The molecule has 7 aromatic rings. The van der Waals surface area contributed by atoms with Crippen molar-refractivity contribution in [1.82, 2.24) is 4.40 Å². The van der Waals surface area contributed by atoms with Gasteiger partial charge in [0.2, 0.25) is 5.52 Å². The molecule has 1 saturated carbocycles. The van der Waals surface area contributed by atoms with Crippen molar-refractivity contribution in [2.24, 2.45) is 12.5 Å². The van der Waals surface area contributed by atoms with Crippen LogP contribution in [0.15, 0.2) is 79.0 Å². The van der Waals surface area contributed by atoms with Gasteiger partial charge < -0.3 is 4.40 Å². The second-order valence-electron chi connectivity index (χ2n) is 13.2. The summed E-state index contributed by atoms with van der Waals surface area (Å²) in [6.45, 7) is 9.46. The Hall–Kier alpha value is -3.91. The van der Waals surface area contributed by atoms with Crippen LogP contribution in [0.1, 0.15) is 62.1 Å². The fourth-order valence-electron chi connectivity index (χ4n) is 7.70. The van der Waals surface area contributed by atoms with Gasteiger partial charge in [-0.2, -0.15) is 0 Å². The lowest BCUT2D eigenvalue weighted by atomic mass is 9.71. The SMILES string of the molecule is Cc1cc2c3ccc(-c4ccccc4)cc3n3c4cc(C5CCC(C)(C)CC5)cc5cc[n+](C)c(c(c1C)c23)c54. The zero-order chi connectivity index (χ0) is 27.3. The van der Waals surface area contributed by atoms with Gasteiger partial charge in [0.1, 0.15) is 7.05 Å². The molecule has 0 amide bonds. The minimum absolute atomic E-state index is 0.466. The summed E-state index contributed by atoms with van der Waals surface area (Å²) in [5.74, 6) is 0.629. The molecule has 198 valence electrons. The monoisotopic (exact) mass is 521 g/mol. The number of aromatic nitrogens is 2. The Labute approximate surface area is 236 Å². The van der Waals surface area contributed by atoms with Crippen molar-refractivity contribution in [3.05, 3.63) is 95.7 Å². The Morgan fingerprint density at radius 1 is 0.775 bits per heavy atom. The van der Waals surface area contributed by atoms with Crippen molar-refractivity contribution in [2.75, 3.05) is 0 Å². The molecule has 40 heavy (non-hydrogen) atoms. The number of nitrogens with zero attached hydrogens (tertiary/aromatic N) is 2. The Morgan fingerprint density at radius 2 is 1.55 bits per heavy atom. The molecule has 0 aliphatic heterocycles. The molecule has 2 heteroatoms. The minimum Gasteiger partial charge on any atom is -0.307 e. The fourth-order valence-corrected chi connectivity index (χ4v) is 7.70. The molecule has 1 fully saturated rings. The molecular weight excluding hydrogens is 484 g/mol. The van der Waals surface area contributed by atoms with Crippen LogP contribution < -0.4 is 4.57 Å². The first-order valence-corrected chi connectivity index (χ1v) is 14.9. The smallest absolute Gasteiger partial charge is 0.224 e. The first-order valence-electron chi connectivity index (χ1n) is 14.9. The van der Waals surface area contributed by atoms with E-state index >= 15 is 0 Å². The number of pyridine rings is 2. The maximum absolute atomic E-state index is 2.62. The number of rotatable bonds is 2. The van der Waals surface area contributed by atoms with Crippen molar-refractivity contribution in [2.45, 2.75) is 59.3 Å². The van der Waals surface area contributed by atoms with Gasteiger partial charge in [0.05, 0.1) is 27.3 Å². The van der Waals surface area contributed by atoms with E-state index in [0.29, 0.717) is 11.3 Å². The van der Waals surface area contributed by atoms with Gasteiger partial charge in [-0.15, -0.1) is 0 Å². The van der Waals surface area contributed by atoms with Crippen LogP contribution in [0.5, 0.6) is 0 Å². The average Bonchev–Trinajstić information content (AvgIpc) is 3.28. The number of benzene rings is 4. The van der Waals surface area contributed by atoms with Gasteiger partial charge in [0.25, 0.3) is 0 Å².